The Morgan fingerprint density at radius 1 is 1.42 bits per heavy atom. The summed E-state index contributed by atoms with van der Waals surface area (Å²) in [5, 5.41) is 8.51. The van der Waals surface area contributed by atoms with Crippen molar-refractivity contribution < 1.29 is 4.84 Å². The predicted molar refractivity (Wildman–Crippen MR) is 45.0 cm³/mol. The van der Waals surface area contributed by atoms with Crippen LogP contribution in [-0.4, -0.2) is 7.05 Å². The molecule has 0 aliphatic carbocycles. The molecule has 1 rings (SSSR count). The predicted octanol–water partition coefficient (Wildman–Crippen LogP) is 1.21. The van der Waals surface area contributed by atoms with Crippen LogP contribution in [0.25, 0.3) is 0 Å². The molecule has 0 aromatic heterocycles. The lowest BCUT2D eigenvalue weighted by molar-refractivity contribution is 0.0444. The van der Waals surface area contributed by atoms with Gasteiger partial charge in [0.1, 0.15) is 0 Å². The van der Waals surface area contributed by atoms with E-state index in [0.29, 0.717) is 12.2 Å². The van der Waals surface area contributed by atoms with E-state index in [1.54, 1.807) is 19.2 Å². The topological polar surface area (TPSA) is 45.0 Å². The molecule has 0 amide bonds. The number of hydroxylamine groups is 1. The zero-order valence-electron chi connectivity index (χ0n) is 6.87. The third-order valence-corrected chi connectivity index (χ3v) is 1.47. The Balaban J connectivity index is 2.60. The maximum Gasteiger partial charge on any atom is 0.0991 e. The van der Waals surface area contributed by atoms with Crippen LogP contribution in [0.2, 0.25) is 0 Å². The molecule has 0 fully saturated rings. The van der Waals surface area contributed by atoms with Crippen molar-refractivity contribution in [1.29, 1.82) is 5.26 Å². The van der Waals surface area contributed by atoms with Crippen LogP contribution in [0.15, 0.2) is 24.3 Å². The van der Waals surface area contributed by atoms with Crippen LogP contribution in [0.4, 0.5) is 0 Å². The third kappa shape index (κ3) is 2.35. The van der Waals surface area contributed by atoms with Gasteiger partial charge >= 0.3 is 0 Å². The normalized spacial score (nSPS) is 9.33. The first-order valence-corrected chi connectivity index (χ1v) is 3.64. The maximum absolute atomic E-state index is 8.51. The first-order valence-electron chi connectivity index (χ1n) is 3.64. The Hall–Kier alpha value is -1.37. The fourth-order valence-electron chi connectivity index (χ4n) is 0.831. The lowest BCUT2D eigenvalue weighted by atomic mass is 10.2. The summed E-state index contributed by atoms with van der Waals surface area (Å²) in [6.07, 6.45) is 0. The van der Waals surface area contributed by atoms with Gasteiger partial charge in [0, 0.05) is 7.05 Å². The van der Waals surface area contributed by atoms with Gasteiger partial charge in [0.25, 0.3) is 0 Å². The highest BCUT2D eigenvalue weighted by Crippen LogP contribution is 2.03. The van der Waals surface area contributed by atoms with Crippen molar-refractivity contribution >= 4 is 0 Å². The molecule has 0 saturated heterocycles. The fourth-order valence-corrected chi connectivity index (χ4v) is 0.831. The number of hydrogen-bond donors (Lipinski definition) is 1. The number of hydrogen-bond acceptors (Lipinski definition) is 3. The Morgan fingerprint density at radius 2 is 2.08 bits per heavy atom. The summed E-state index contributed by atoms with van der Waals surface area (Å²) in [4.78, 5) is 4.96. The Labute approximate surface area is 71.5 Å². The van der Waals surface area contributed by atoms with Gasteiger partial charge in [-0.25, -0.2) is 5.48 Å². The maximum atomic E-state index is 8.51. The van der Waals surface area contributed by atoms with E-state index in [4.69, 9.17) is 10.1 Å². The van der Waals surface area contributed by atoms with Gasteiger partial charge < -0.3 is 0 Å². The second kappa shape index (κ2) is 4.50. The minimum absolute atomic E-state index is 0.516. The van der Waals surface area contributed by atoms with E-state index in [9.17, 15) is 0 Å². The summed E-state index contributed by atoms with van der Waals surface area (Å²) in [5.74, 6) is 0. The van der Waals surface area contributed by atoms with Crippen molar-refractivity contribution in [3.05, 3.63) is 35.4 Å². The van der Waals surface area contributed by atoms with Crippen LogP contribution >= 0.6 is 0 Å². The summed E-state index contributed by atoms with van der Waals surface area (Å²) < 4.78 is 0. The summed E-state index contributed by atoms with van der Waals surface area (Å²) in [6, 6.07) is 9.34. The van der Waals surface area contributed by atoms with E-state index in [1.807, 2.05) is 12.1 Å². The van der Waals surface area contributed by atoms with E-state index in [1.165, 1.54) is 0 Å². The first kappa shape index (κ1) is 8.72. The van der Waals surface area contributed by atoms with Gasteiger partial charge in [-0.1, -0.05) is 12.1 Å². The molecule has 0 aliphatic heterocycles. The van der Waals surface area contributed by atoms with E-state index >= 15 is 0 Å². The molecule has 0 aliphatic rings. The number of nitrogens with zero attached hydrogens (tertiary/aromatic N) is 1. The standard InChI is InChI=1S/C9H10N2O/c1-11-12-7-9-4-2-8(6-10)3-5-9/h2-5,11H,7H2,1H3. The summed E-state index contributed by atoms with van der Waals surface area (Å²) in [5.41, 5.74) is 4.29. The molecular weight excluding hydrogens is 152 g/mol. The molecule has 1 aromatic carbocycles. The number of rotatable bonds is 3. The van der Waals surface area contributed by atoms with Crippen molar-refractivity contribution in [2.45, 2.75) is 6.61 Å². The Bertz CT molecular complexity index is 274. The van der Waals surface area contributed by atoms with Crippen LogP contribution in [0, 0.1) is 11.3 Å². The van der Waals surface area contributed by atoms with E-state index < -0.39 is 0 Å². The van der Waals surface area contributed by atoms with Crippen LogP contribution in [0.3, 0.4) is 0 Å². The summed E-state index contributed by atoms with van der Waals surface area (Å²) >= 11 is 0. The largest absolute Gasteiger partial charge is 0.297 e. The Kier molecular flexibility index (Phi) is 3.27. The zero-order valence-corrected chi connectivity index (χ0v) is 6.87. The molecule has 0 bridgehead atoms. The van der Waals surface area contributed by atoms with Crippen molar-refractivity contribution in [2.75, 3.05) is 7.05 Å². The molecule has 3 heteroatoms. The quantitative estimate of drug-likeness (QED) is 0.679. The monoisotopic (exact) mass is 162 g/mol. The molecule has 0 spiro atoms. The first-order chi connectivity index (χ1) is 5.86. The van der Waals surface area contributed by atoms with Crippen molar-refractivity contribution in [2.24, 2.45) is 0 Å². The number of nitrogens with one attached hydrogen (secondary N) is 1. The average Bonchev–Trinajstić information content (AvgIpc) is 2.15. The number of nitriles is 1. The molecular formula is C9H10N2O. The minimum Gasteiger partial charge on any atom is -0.297 e. The van der Waals surface area contributed by atoms with Gasteiger partial charge in [-0.3, -0.25) is 4.84 Å². The van der Waals surface area contributed by atoms with Crippen LogP contribution in [0.1, 0.15) is 11.1 Å². The average molecular weight is 162 g/mol. The van der Waals surface area contributed by atoms with Gasteiger partial charge in [0.2, 0.25) is 0 Å². The molecule has 12 heavy (non-hydrogen) atoms. The van der Waals surface area contributed by atoms with Gasteiger partial charge in [-0.2, -0.15) is 5.26 Å². The molecule has 0 atom stereocenters. The second-order valence-electron chi connectivity index (χ2n) is 2.30. The Morgan fingerprint density at radius 3 is 2.58 bits per heavy atom. The number of benzene rings is 1. The van der Waals surface area contributed by atoms with E-state index in [0.717, 1.165) is 5.56 Å². The van der Waals surface area contributed by atoms with Crippen LogP contribution in [0.5, 0.6) is 0 Å². The highest BCUT2D eigenvalue weighted by Gasteiger charge is 1.92. The van der Waals surface area contributed by atoms with Crippen LogP contribution in [-0.2, 0) is 11.4 Å². The molecule has 0 saturated carbocycles. The van der Waals surface area contributed by atoms with E-state index in [2.05, 4.69) is 11.5 Å². The highest BCUT2D eigenvalue weighted by molar-refractivity contribution is 5.31. The molecule has 0 unspecified atom stereocenters. The molecule has 0 heterocycles. The van der Waals surface area contributed by atoms with Crippen molar-refractivity contribution in [3.8, 4) is 6.07 Å². The lowest BCUT2D eigenvalue weighted by Gasteiger charge is -2.00. The minimum atomic E-state index is 0.516. The van der Waals surface area contributed by atoms with Gasteiger partial charge in [-0.05, 0) is 17.7 Å². The van der Waals surface area contributed by atoms with Crippen LogP contribution < -0.4 is 5.48 Å². The summed E-state index contributed by atoms with van der Waals surface area (Å²) in [7, 11) is 1.71. The fraction of sp³-hybridized carbons (Fsp3) is 0.222. The highest BCUT2D eigenvalue weighted by atomic mass is 16.6. The molecule has 3 nitrogen and oxygen atoms in total. The van der Waals surface area contributed by atoms with Crippen molar-refractivity contribution in [3.63, 3.8) is 0 Å². The van der Waals surface area contributed by atoms with E-state index in [-0.39, 0.29) is 0 Å². The SMILES string of the molecule is CNOCc1ccc(C#N)cc1. The summed E-state index contributed by atoms with van der Waals surface area (Å²) in [6.45, 7) is 0.516. The van der Waals surface area contributed by atoms with Gasteiger partial charge in [-0.15, -0.1) is 0 Å². The second-order valence-corrected chi connectivity index (χ2v) is 2.30. The molecule has 1 N–H and O–H groups in total. The lowest BCUT2D eigenvalue weighted by Crippen LogP contribution is -2.06. The zero-order chi connectivity index (χ0) is 8.81. The third-order valence-electron chi connectivity index (χ3n) is 1.47. The smallest absolute Gasteiger partial charge is 0.0991 e. The van der Waals surface area contributed by atoms with Gasteiger partial charge in [0.15, 0.2) is 0 Å². The molecule has 0 radical (unpaired) electrons. The molecule has 1 aromatic rings. The van der Waals surface area contributed by atoms with Crippen molar-refractivity contribution in [1.82, 2.24) is 5.48 Å². The van der Waals surface area contributed by atoms with Gasteiger partial charge in [0.05, 0.1) is 18.2 Å². The molecule has 62 valence electrons.